The highest BCUT2D eigenvalue weighted by molar-refractivity contribution is 5.77. The zero-order valence-corrected chi connectivity index (χ0v) is 9.98. The van der Waals surface area contributed by atoms with E-state index in [-0.39, 0.29) is 24.9 Å². The lowest BCUT2D eigenvalue weighted by Crippen LogP contribution is -2.33. The highest BCUT2D eigenvalue weighted by Gasteiger charge is 2.08. The van der Waals surface area contributed by atoms with Gasteiger partial charge in [-0.05, 0) is 12.1 Å². The Hall–Kier alpha value is -1.62. The number of rotatable bonds is 6. The predicted octanol–water partition coefficient (Wildman–Crippen LogP) is 1.31. The van der Waals surface area contributed by atoms with Gasteiger partial charge in [0.25, 0.3) is 0 Å². The van der Waals surface area contributed by atoms with Crippen LogP contribution in [0.25, 0.3) is 0 Å². The summed E-state index contributed by atoms with van der Waals surface area (Å²) in [5, 5.41) is 0. The Morgan fingerprint density at radius 2 is 2.12 bits per heavy atom. The van der Waals surface area contributed by atoms with Crippen molar-refractivity contribution in [1.29, 1.82) is 0 Å². The fourth-order valence-electron chi connectivity index (χ4n) is 1.21. The van der Waals surface area contributed by atoms with Gasteiger partial charge in [-0.25, -0.2) is 4.39 Å². The van der Waals surface area contributed by atoms with Crippen molar-refractivity contribution in [2.24, 2.45) is 0 Å². The molecule has 0 aliphatic rings. The average Bonchev–Trinajstić information content (AvgIpc) is 2.31. The third kappa shape index (κ3) is 4.40. The van der Waals surface area contributed by atoms with E-state index in [9.17, 15) is 9.18 Å². The summed E-state index contributed by atoms with van der Waals surface area (Å²) in [5.74, 6) is -0.344. The van der Waals surface area contributed by atoms with Crippen LogP contribution in [0.4, 0.5) is 4.39 Å². The molecule has 94 valence electrons. The minimum atomic E-state index is -0.404. The Morgan fingerprint density at radius 1 is 1.41 bits per heavy atom. The summed E-state index contributed by atoms with van der Waals surface area (Å²) in [6.45, 7) is 0.666. The van der Waals surface area contributed by atoms with Crippen LogP contribution in [0.3, 0.4) is 0 Å². The molecule has 0 fully saturated rings. The van der Waals surface area contributed by atoms with Crippen molar-refractivity contribution < 1.29 is 18.7 Å². The highest BCUT2D eigenvalue weighted by atomic mass is 19.1. The number of likely N-dealkylation sites (N-methyl/N-ethyl adjacent to an activating group) is 1. The molecule has 0 aliphatic carbocycles. The number of carbonyl (C=O) groups is 1. The first kappa shape index (κ1) is 13.4. The van der Waals surface area contributed by atoms with Crippen molar-refractivity contribution >= 4 is 5.91 Å². The topological polar surface area (TPSA) is 38.8 Å². The van der Waals surface area contributed by atoms with E-state index in [2.05, 4.69) is 0 Å². The van der Waals surface area contributed by atoms with Crippen LogP contribution in [0.15, 0.2) is 24.3 Å². The third-order valence-corrected chi connectivity index (χ3v) is 2.21. The van der Waals surface area contributed by atoms with Crippen molar-refractivity contribution in [2.45, 2.75) is 0 Å². The van der Waals surface area contributed by atoms with Crippen LogP contribution in [0.1, 0.15) is 0 Å². The maximum atomic E-state index is 13.2. The van der Waals surface area contributed by atoms with Crippen molar-refractivity contribution in [3.63, 3.8) is 0 Å². The maximum Gasteiger partial charge on any atom is 0.248 e. The van der Waals surface area contributed by atoms with Gasteiger partial charge >= 0.3 is 0 Å². The molecule has 0 bridgehead atoms. The Labute approximate surface area is 99.9 Å². The van der Waals surface area contributed by atoms with E-state index < -0.39 is 5.82 Å². The number of ether oxygens (including phenoxy) is 2. The average molecular weight is 241 g/mol. The summed E-state index contributed by atoms with van der Waals surface area (Å²) in [7, 11) is 3.10. The van der Waals surface area contributed by atoms with E-state index in [4.69, 9.17) is 9.47 Å². The van der Waals surface area contributed by atoms with Gasteiger partial charge in [0, 0.05) is 14.2 Å². The molecule has 0 saturated carbocycles. The van der Waals surface area contributed by atoms with Gasteiger partial charge in [0.15, 0.2) is 11.6 Å². The molecule has 0 radical (unpaired) electrons. The van der Waals surface area contributed by atoms with Crippen LogP contribution in [-0.4, -0.2) is 44.7 Å². The van der Waals surface area contributed by atoms with E-state index >= 15 is 0 Å². The number of halogens is 1. The molecular weight excluding hydrogens is 225 g/mol. The Balaban J connectivity index is 2.33. The molecule has 0 atom stereocenters. The van der Waals surface area contributed by atoms with Crippen LogP contribution in [-0.2, 0) is 9.53 Å². The quantitative estimate of drug-likeness (QED) is 0.753. The molecular formula is C12H16FNO3. The molecule has 5 heteroatoms. The van der Waals surface area contributed by atoms with Crippen molar-refractivity contribution in [2.75, 3.05) is 33.9 Å². The van der Waals surface area contributed by atoms with Gasteiger partial charge in [0.2, 0.25) is 5.91 Å². The second kappa shape index (κ2) is 6.85. The van der Waals surface area contributed by atoms with Crippen LogP contribution < -0.4 is 4.74 Å². The number of para-hydroxylation sites is 1. The molecule has 1 amide bonds. The van der Waals surface area contributed by atoms with Gasteiger partial charge in [-0.15, -0.1) is 0 Å². The fourth-order valence-corrected chi connectivity index (χ4v) is 1.21. The largest absolute Gasteiger partial charge is 0.489 e. The number of amides is 1. The van der Waals surface area contributed by atoms with Gasteiger partial charge in [-0.3, -0.25) is 4.79 Å². The van der Waals surface area contributed by atoms with Crippen molar-refractivity contribution in [3.05, 3.63) is 30.1 Å². The number of hydrogen-bond acceptors (Lipinski definition) is 3. The van der Waals surface area contributed by atoms with Crippen LogP contribution in [0.5, 0.6) is 5.75 Å². The number of carbonyl (C=O) groups excluding carboxylic acids is 1. The number of methoxy groups -OCH3 is 1. The normalized spacial score (nSPS) is 10.1. The number of benzene rings is 1. The van der Waals surface area contributed by atoms with E-state index in [0.717, 1.165) is 0 Å². The van der Waals surface area contributed by atoms with Gasteiger partial charge in [0.05, 0.1) is 6.54 Å². The zero-order chi connectivity index (χ0) is 12.7. The lowest BCUT2D eigenvalue weighted by atomic mass is 10.3. The molecule has 1 aromatic rings. The first-order chi connectivity index (χ1) is 8.15. The number of nitrogens with zero attached hydrogens (tertiary/aromatic N) is 1. The molecule has 1 rings (SSSR count). The monoisotopic (exact) mass is 241 g/mol. The van der Waals surface area contributed by atoms with Crippen LogP contribution in [0, 0.1) is 5.82 Å². The second-order valence-electron chi connectivity index (χ2n) is 3.53. The molecule has 17 heavy (non-hydrogen) atoms. The molecule has 0 aromatic heterocycles. The SMILES string of the molecule is COCC(=O)N(C)CCOc1ccccc1F. The Bertz CT molecular complexity index is 371. The fraction of sp³-hybridized carbons (Fsp3) is 0.417. The standard InChI is InChI=1S/C12H16FNO3/c1-14(12(15)9-16-2)7-8-17-11-6-4-3-5-10(11)13/h3-6H,7-9H2,1-2H3. The molecule has 0 spiro atoms. The van der Waals surface area contributed by atoms with Crippen LogP contribution in [0.2, 0.25) is 0 Å². The highest BCUT2D eigenvalue weighted by Crippen LogP contribution is 2.14. The summed E-state index contributed by atoms with van der Waals surface area (Å²) in [6.07, 6.45) is 0. The van der Waals surface area contributed by atoms with E-state index in [1.807, 2.05) is 0 Å². The van der Waals surface area contributed by atoms with E-state index in [1.165, 1.54) is 18.1 Å². The van der Waals surface area contributed by atoms with Gasteiger partial charge in [-0.2, -0.15) is 0 Å². The molecule has 1 aromatic carbocycles. The first-order valence-corrected chi connectivity index (χ1v) is 5.25. The molecule has 0 N–H and O–H groups in total. The molecule has 0 aliphatic heterocycles. The summed E-state index contributed by atoms with van der Waals surface area (Å²) < 4.78 is 23.1. The Kier molecular flexibility index (Phi) is 5.42. The summed E-state index contributed by atoms with van der Waals surface area (Å²) in [4.78, 5) is 12.8. The lowest BCUT2D eigenvalue weighted by Gasteiger charge is -2.17. The second-order valence-corrected chi connectivity index (χ2v) is 3.53. The van der Waals surface area contributed by atoms with E-state index in [1.54, 1.807) is 25.2 Å². The number of hydrogen-bond donors (Lipinski definition) is 0. The van der Waals surface area contributed by atoms with E-state index in [0.29, 0.717) is 6.54 Å². The smallest absolute Gasteiger partial charge is 0.248 e. The third-order valence-electron chi connectivity index (χ3n) is 2.21. The summed E-state index contributed by atoms with van der Waals surface area (Å²) in [6, 6.07) is 6.16. The van der Waals surface area contributed by atoms with Gasteiger partial charge in [-0.1, -0.05) is 12.1 Å². The lowest BCUT2D eigenvalue weighted by molar-refractivity contribution is -0.134. The van der Waals surface area contributed by atoms with Gasteiger partial charge < -0.3 is 14.4 Å². The van der Waals surface area contributed by atoms with Gasteiger partial charge in [0.1, 0.15) is 13.2 Å². The minimum absolute atomic E-state index is 0.0379. The van der Waals surface area contributed by atoms with Crippen LogP contribution >= 0.6 is 0 Å². The van der Waals surface area contributed by atoms with Crippen molar-refractivity contribution in [3.8, 4) is 5.75 Å². The summed E-state index contributed by atoms with van der Waals surface area (Å²) in [5.41, 5.74) is 0. The first-order valence-electron chi connectivity index (χ1n) is 5.25. The predicted molar refractivity (Wildman–Crippen MR) is 61.4 cm³/mol. The zero-order valence-electron chi connectivity index (χ0n) is 9.98. The maximum absolute atomic E-state index is 13.2. The summed E-state index contributed by atoms with van der Waals surface area (Å²) >= 11 is 0. The molecule has 0 unspecified atom stereocenters. The minimum Gasteiger partial charge on any atom is -0.489 e. The Morgan fingerprint density at radius 3 is 2.76 bits per heavy atom. The van der Waals surface area contributed by atoms with Crippen molar-refractivity contribution in [1.82, 2.24) is 4.90 Å². The molecule has 4 nitrogen and oxygen atoms in total. The molecule has 0 heterocycles. The molecule has 0 saturated heterocycles.